The molecule has 1 atom stereocenters. The topological polar surface area (TPSA) is 78.0 Å². The molecular weight excluding hydrogens is 254 g/mol. The van der Waals surface area contributed by atoms with Gasteiger partial charge in [0, 0.05) is 19.1 Å². The smallest absolute Gasteiger partial charge is 0.188 e. The Balaban J connectivity index is 2.20. The van der Waals surface area contributed by atoms with Crippen molar-refractivity contribution in [1.29, 1.82) is 0 Å². The van der Waals surface area contributed by atoms with E-state index in [1.165, 1.54) is 0 Å². The Hall–Kier alpha value is -1.82. The van der Waals surface area contributed by atoms with Crippen LogP contribution in [0.1, 0.15) is 25.5 Å². The molecule has 0 saturated carbocycles. The van der Waals surface area contributed by atoms with Crippen molar-refractivity contribution in [3.63, 3.8) is 0 Å². The average molecular weight is 277 g/mol. The quantitative estimate of drug-likeness (QED) is 0.374. The lowest BCUT2D eigenvalue weighted by Gasteiger charge is -2.32. The van der Waals surface area contributed by atoms with Gasteiger partial charge in [0.05, 0.1) is 11.9 Å². The number of anilines is 1. The normalized spacial score (nSPS) is 21.8. The Morgan fingerprint density at radius 3 is 2.90 bits per heavy atom. The fraction of sp³-hybridized carbons (Fsp3) is 0.571. The fourth-order valence-electron chi connectivity index (χ4n) is 2.69. The molecule has 1 unspecified atom stereocenters. The molecule has 0 spiro atoms. The van der Waals surface area contributed by atoms with Crippen LogP contribution in [0.2, 0.25) is 0 Å². The molecule has 0 radical (unpaired) electrons. The minimum absolute atomic E-state index is 0.0409. The fourth-order valence-corrected chi connectivity index (χ4v) is 2.69. The van der Waals surface area contributed by atoms with Crippen molar-refractivity contribution < 1.29 is 5.21 Å². The van der Waals surface area contributed by atoms with Crippen LogP contribution >= 0.6 is 0 Å². The summed E-state index contributed by atoms with van der Waals surface area (Å²) in [5.41, 5.74) is 7.13. The van der Waals surface area contributed by atoms with Crippen LogP contribution in [-0.2, 0) is 0 Å². The minimum Gasteiger partial charge on any atom is -0.409 e. The summed E-state index contributed by atoms with van der Waals surface area (Å²) in [6.45, 7) is 5.45. The lowest BCUT2D eigenvalue weighted by Crippen LogP contribution is -2.39. The molecule has 110 valence electrons. The van der Waals surface area contributed by atoms with Crippen molar-refractivity contribution >= 4 is 11.5 Å². The molecule has 1 aromatic rings. The molecular formula is C14H23N5O. The third-order valence-corrected chi connectivity index (χ3v) is 3.82. The predicted octanol–water partition coefficient (Wildman–Crippen LogP) is 1.10. The van der Waals surface area contributed by atoms with Gasteiger partial charge in [0.1, 0.15) is 5.69 Å². The molecule has 1 saturated heterocycles. The summed E-state index contributed by atoms with van der Waals surface area (Å²) in [4.78, 5) is 9.06. The molecule has 0 amide bonds. The molecule has 0 bridgehead atoms. The van der Waals surface area contributed by atoms with E-state index in [0.29, 0.717) is 11.7 Å². The van der Waals surface area contributed by atoms with Gasteiger partial charge in [0.15, 0.2) is 5.84 Å². The lowest BCUT2D eigenvalue weighted by molar-refractivity contribution is 0.318. The van der Waals surface area contributed by atoms with Gasteiger partial charge in [-0.15, -0.1) is 0 Å². The predicted molar refractivity (Wildman–Crippen MR) is 80.3 cm³/mol. The van der Waals surface area contributed by atoms with Gasteiger partial charge in [-0.2, -0.15) is 0 Å². The number of nitrogens with two attached hydrogens (primary N) is 1. The Kier molecular flexibility index (Phi) is 4.79. The van der Waals surface area contributed by atoms with Crippen LogP contribution in [0, 0.1) is 0 Å². The lowest BCUT2D eigenvalue weighted by atomic mass is 10.1. The first-order chi connectivity index (χ1) is 9.65. The minimum atomic E-state index is 0.0409. The maximum Gasteiger partial charge on any atom is 0.188 e. The average Bonchev–Trinajstić information content (AvgIpc) is 2.67. The summed E-state index contributed by atoms with van der Waals surface area (Å²) in [7, 11) is 2.17. The highest BCUT2D eigenvalue weighted by atomic mass is 16.4. The SMILES string of the molecule is CCC1CN(C)CCCN1c1ccc(/C(N)=N/O)nc1. The Labute approximate surface area is 119 Å². The molecule has 20 heavy (non-hydrogen) atoms. The number of rotatable bonds is 3. The molecule has 1 fully saturated rings. The number of pyridine rings is 1. The zero-order chi connectivity index (χ0) is 14.5. The Morgan fingerprint density at radius 1 is 1.50 bits per heavy atom. The van der Waals surface area contributed by atoms with Crippen molar-refractivity contribution in [2.45, 2.75) is 25.8 Å². The molecule has 6 heteroatoms. The molecule has 6 nitrogen and oxygen atoms in total. The number of hydrogen-bond acceptors (Lipinski definition) is 5. The van der Waals surface area contributed by atoms with Crippen molar-refractivity contribution in [2.75, 3.05) is 31.6 Å². The number of hydrogen-bond donors (Lipinski definition) is 2. The zero-order valence-corrected chi connectivity index (χ0v) is 12.2. The summed E-state index contributed by atoms with van der Waals surface area (Å²) < 4.78 is 0. The molecule has 1 aromatic heterocycles. The molecule has 2 heterocycles. The van der Waals surface area contributed by atoms with E-state index in [-0.39, 0.29) is 5.84 Å². The van der Waals surface area contributed by atoms with Crippen LogP contribution in [0.3, 0.4) is 0 Å². The first-order valence-corrected chi connectivity index (χ1v) is 7.04. The summed E-state index contributed by atoms with van der Waals surface area (Å²) in [6.07, 6.45) is 4.06. The van der Waals surface area contributed by atoms with E-state index in [9.17, 15) is 0 Å². The van der Waals surface area contributed by atoms with Crippen molar-refractivity contribution in [1.82, 2.24) is 9.88 Å². The van der Waals surface area contributed by atoms with Crippen LogP contribution in [-0.4, -0.2) is 53.7 Å². The highest BCUT2D eigenvalue weighted by molar-refractivity contribution is 5.95. The van der Waals surface area contributed by atoms with Gasteiger partial charge in [0.2, 0.25) is 0 Å². The van der Waals surface area contributed by atoms with Crippen molar-refractivity contribution in [2.24, 2.45) is 10.9 Å². The second-order valence-corrected chi connectivity index (χ2v) is 5.26. The van der Waals surface area contributed by atoms with Gasteiger partial charge >= 0.3 is 0 Å². The zero-order valence-electron chi connectivity index (χ0n) is 12.2. The monoisotopic (exact) mass is 277 g/mol. The van der Waals surface area contributed by atoms with Gasteiger partial charge in [-0.05, 0) is 38.6 Å². The third-order valence-electron chi connectivity index (χ3n) is 3.82. The molecule has 2 rings (SSSR count). The highest BCUT2D eigenvalue weighted by Gasteiger charge is 2.22. The second-order valence-electron chi connectivity index (χ2n) is 5.26. The molecule has 3 N–H and O–H groups in total. The molecule has 0 aliphatic carbocycles. The highest BCUT2D eigenvalue weighted by Crippen LogP contribution is 2.21. The van der Waals surface area contributed by atoms with Gasteiger partial charge in [-0.3, -0.25) is 4.98 Å². The van der Waals surface area contributed by atoms with E-state index < -0.39 is 0 Å². The van der Waals surface area contributed by atoms with E-state index in [2.05, 4.69) is 33.9 Å². The van der Waals surface area contributed by atoms with Gasteiger partial charge in [-0.1, -0.05) is 12.1 Å². The summed E-state index contributed by atoms with van der Waals surface area (Å²) in [5.74, 6) is 0.0409. The maximum absolute atomic E-state index is 8.66. The summed E-state index contributed by atoms with van der Waals surface area (Å²) in [5, 5.41) is 11.6. The van der Waals surface area contributed by atoms with E-state index >= 15 is 0 Å². The summed E-state index contributed by atoms with van der Waals surface area (Å²) >= 11 is 0. The van der Waals surface area contributed by atoms with E-state index in [1.54, 1.807) is 12.3 Å². The van der Waals surface area contributed by atoms with Crippen molar-refractivity contribution in [3.05, 3.63) is 24.0 Å². The van der Waals surface area contributed by atoms with Crippen LogP contribution < -0.4 is 10.6 Å². The van der Waals surface area contributed by atoms with Crippen LogP contribution in [0.15, 0.2) is 23.5 Å². The second kappa shape index (κ2) is 6.56. The maximum atomic E-state index is 8.66. The summed E-state index contributed by atoms with van der Waals surface area (Å²) in [6, 6.07) is 4.29. The Morgan fingerprint density at radius 2 is 2.30 bits per heavy atom. The number of amidine groups is 1. The Bertz CT molecular complexity index is 459. The number of oxime groups is 1. The van der Waals surface area contributed by atoms with Gasteiger partial charge in [0.25, 0.3) is 0 Å². The third kappa shape index (κ3) is 3.19. The largest absolute Gasteiger partial charge is 0.409 e. The number of nitrogens with zero attached hydrogens (tertiary/aromatic N) is 4. The molecule has 1 aliphatic heterocycles. The van der Waals surface area contributed by atoms with Gasteiger partial charge in [-0.25, -0.2) is 0 Å². The van der Waals surface area contributed by atoms with Crippen LogP contribution in [0.5, 0.6) is 0 Å². The number of likely N-dealkylation sites (N-methyl/N-ethyl adjacent to an activating group) is 1. The van der Waals surface area contributed by atoms with Crippen LogP contribution in [0.4, 0.5) is 5.69 Å². The number of aromatic nitrogens is 1. The van der Waals surface area contributed by atoms with E-state index in [0.717, 1.165) is 38.2 Å². The molecule has 0 aromatic carbocycles. The molecule has 1 aliphatic rings. The van der Waals surface area contributed by atoms with Crippen LogP contribution in [0.25, 0.3) is 0 Å². The first-order valence-electron chi connectivity index (χ1n) is 7.04. The van der Waals surface area contributed by atoms with Gasteiger partial charge < -0.3 is 20.7 Å². The van der Waals surface area contributed by atoms with E-state index in [4.69, 9.17) is 10.9 Å². The van der Waals surface area contributed by atoms with E-state index in [1.807, 2.05) is 6.07 Å². The first kappa shape index (κ1) is 14.6. The van der Waals surface area contributed by atoms with Crippen molar-refractivity contribution in [3.8, 4) is 0 Å². The standard InChI is InChI=1S/C14H23N5O/c1-3-11-10-18(2)7-4-8-19(11)12-5-6-13(16-9-12)14(15)17-20/h5-6,9,11,20H,3-4,7-8,10H2,1-2H3,(H2,15,17).